The third-order valence-corrected chi connectivity index (χ3v) is 4.28. The predicted molar refractivity (Wildman–Crippen MR) is 84.9 cm³/mol. The lowest BCUT2D eigenvalue weighted by molar-refractivity contribution is 0.248. The van der Waals surface area contributed by atoms with Crippen molar-refractivity contribution >= 4 is 11.3 Å². The summed E-state index contributed by atoms with van der Waals surface area (Å²) in [6.07, 6.45) is 0. The van der Waals surface area contributed by atoms with Crippen molar-refractivity contribution in [3.05, 3.63) is 45.5 Å². The Hall–Kier alpha value is -1.10. The van der Waals surface area contributed by atoms with Crippen molar-refractivity contribution in [1.82, 2.24) is 10.2 Å². The summed E-state index contributed by atoms with van der Waals surface area (Å²) in [5, 5.41) is 5.48. The number of aryl methyl sites for hydroxylation is 1. The zero-order chi connectivity index (χ0) is 14.4. The molecule has 2 heterocycles. The van der Waals surface area contributed by atoms with Gasteiger partial charge >= 0.3 is 0 Å². The molecule has 3 nitrogen and oxygen atoms in total. The summed E-state index contributed by atoms with van der Waals surface area (Å²) in [5.74, 6) is 2.10. The number of hydrogen-bond acceptors (Lipinski definition) is 4. The largest absolute Gasteiger partial charge is 0.465 e. The Labute approximate surface area is 125 Å². The summed E-state index contributed by atoms with van der Waals surface area (Å²) in [7, 11) is 0. The maximum Gasteiger partial charge on any atom is 0.118 e. The van der Waals surface area contributed by atoms with E-state index >= 15 is 0 Å². The minimum Gasteiger partial charge on any atom is -0.465 e. The molecule has 0 aliphatic rings. The van der Waals surface area contributed by atoms with E-state index in [9.17, 15) is 0 Å². The molecule has 0 amide bonds. The average molecular weight is 292 g/mol. The molecule has 110 valence electrons. The second-order valence-corrected chi connectivity index (χ2v) is 5.99. The molecule has 0 saturated carbocycles. The third-order valence-electron chi connectivity index (χ3n) is 3.42. The van der Waals surface area contributed by atoms with Gasteiger partial charge in [-0.15, -0.1) is 11.3 Å². The van der Waals surface area contributed by atoms with E-state index < -0.39 is 0 Å². The van der Waals surface area contributed by atoms with E-state index in [1.807, 2.05) is 18.3 Å². The van der Waals surface area contributed by atoms with Crippen LogP contribution in [-0.2, 0) is 19.6 Å². The SMILES string of the molecule is CCNCc1cc(CN(CC)Cc2cccs2)oc1C. The molecular weight excluding hydrogens is 268 g/mol. The van der Waals surface area contributed by atoms with Gasteiger partial charge in [-0.1, -0.05) is 19.9 Å². The first-order valence-corrected chi connectivity index (χ1v) is 8.14. The molecule has 4 heteroatoms. The molecule has 2 aromatic rings. The fourth-order valence-corrected chi connectivity index (χ4v) is 2.97. The molecular formula is C16H24N2OS. The molecule has 0 unspecified atom stereocenters. The Morgan fingerprint density at radius 1 is 1.30 bits per heavy atom. The Morgan fingerprint density at radius 2 is 2.15 bits per heavy atom. The van der Waals surface area contributed by atoms with Crippen LogP contribution in [0.2, 0.25) is 0 Å². The van der Waals surface area contributed by atoms with Gasteiger partial charge in [-0.2, -0.15) is 0 Å². The topological polar surface area (TPSA) is 28.4 Å². The van der Waals surface area contributed by atoms with Gasteiger partial charge in [-0.3, -0.25) is 4.90 Å². The molecule has 0 fully saturated rings. The monoisotopic (exact) mass is 292 g/mol. The van der Waals surface area contributed by atoms with E-state index in [4.69, 9.17) is 4.42 Å². The van der Waals surface area contributed by atoms with Gasteiger partial charge in [-0.25, -0.2) is 0 Å². The van der Waals surface area contributed by atoms with Gasteiger partial charge in [0.05, 0.1) is 6.54 Å². The molecule has 2 aromatic heterocycles. The Morgan fingerprint density at radius 3 is 2.80 bits per heavy atom. The van der Waals surface area contributed by atoms with Crippen LogP contribution in [0.5, 0.6) is 0 Å². The minimum atomic E-state index is 0.876. The zero-order valence-corrected chi connectivity index (χ0v) is 13.4. The van der Waals surface area contributed by atoms with Crippen LogP contribution in [-0.4, -0.2) is 18.0 Å². The first-order valence-electron chi connectivity index (χ1n) is 7.26. The Kier molecular flexibility index (Phi) is 5.83. The number of furan rings is 1. The molecule has 2 rings (SSSR count). The molecule has 0 bridgehead atoms. The number of nitrogens with one attached hydrogen (secondary N) is 1. The Bertz CT molecular complexity index is 505. The maximum atomic E-state index is 5.88. The van der Waals surface area contributed by atoms with Crippen LogP contribution in [0.3, 0.4) is 0 Å². The number of hydrogen-bond donors (Lipinski definition) is 1. The summed E-state index contributed by atoms with van der Waals surface area (Å²) >= 11 is 1.81. The van der Waals surface area contributed by atoms with Crippen molar-refractivity contribution < 1.29 is 4.42 Å². The van der Waals surface area contributed by atoms with Gasteiger partial charge in [-0.05, 0) is 37.5 Å². The summed E-state index contributed by atoms with van der Waals surface area (Å²) in [5.41, 5.74) is 1.27. The summed E-state index contributed by atoms with van der Waals surface area (Å²) in [6, 6.07) is 6.49. The van der Waals surface area contributed by atoms with Gasteiger partial charge in [0.2, 0.25) is 0 Å². The van der Waals surface area contributed by atoms with E-state index in [2.05, 4.69) is 47.6 Å². The van der Waals surface area contributed by atoms with Gasteiger partial charge in [0.1, 0.15) is 11.5 Å². The van der Waals surface area contributed by atoms with Crippen molar-refractivity contribution in [1.29, 1.82) is 0 Å². The molecule has 0 aliphatic carbocycles. The quantitative estimate of drug-likeness (QED) is 0.802. The normalized spacial score (nSPS) is 11.4. The van der Waals surface area contributed by atoms with Crippen molar-refractivity contribution in [2.24, 2.45) is 0 Å². The zero-order valence-electron chi connectivity index (χ0n) is 12.6. The maximum absolute atomic E-state index is 5.88. The van der Waals surface area contributed by atoms with Crippen LogP contribution in [0.4, 0.5) is 0 Å². The van der Waals surface area contributed by atoms with Crippen LogP contribution < -0.4 is 5.32 Å². The summed E-state index contributed by atoms with van der Waals surface area (Å²) < 4.78 is 5.88. The van der Waals surface area contributed by atoms with Crippen molar-refractivity contribution in [2.75, 3.05) is 13.1 Å². The Balaban J connectivity index is 1.96. The van der Waals surface area contributed by atoms with E-state index in [-0.39, 0.29) is 0 Å². The average Bonchev–Trinajstić information content (AvgIpc) is 3.06. The van der Waals surface area contributed by atoms with Crippen LogP contribution in [0.25, 0.3) is 0 Å². The fraction of sp³-hybridized carbons (Fsp3) is 0.500. The van der Waals surface area contributed by atoms with Crippen molar-refractivity contribution in [3.8, 4) is 0 Å². The van der Waals surface area contributed by atoms with Crippen LogP contribution in [0, 0.1) is 6.92 Å². The number of rotatable bonds is 8. The van der Waals surface area contributed by atoms with E-state index in [1.165, 1.54) is 10.4 Å². The highest BCUT2D eigenvalue weighted by Gasteiger charge is 2.11. The second kappa shape index (κ2) is 7.62. The first-order chi connectivity index (χ1) is 9.72. The molecule has 0 aromatic carbocycles. The van der Waals surface area contributed by atoms with Crippen molar-refractivity contribution in [3.63, 3.8) is 0 Å². The van der Waals surface area contributed by atoms with Crippen LogP contribution in [0.15, 0.2) is 28.0 Å². The van der Waals surface area contributed by atoms with E-state index in [1.54, 1.807) is 0 Å². The molecule has 0 spiro atoms. The lowest BCUT2D eigenvalue weighted by atomic mass is 10.2. The standard InChI is InChI=1S/C16H24N2OS/c1-4-17-10-14-9-15(19-13(14)3)11-18(5-2)12-16-7-6-8-20-16/h6-9,17H,4-5,10-12H2,1-3H3. The van der Waals surface area contributed by atoms with Gasteiger partial charge in [0, 0.05) is 23.5 Å². The highest BCUT2D eigenvalue weighted by Crippen LogP contribution is 2.18. The molecule has 0 radical (unpaired) electrons. The minimum absolute atomic E-state index is 0.876. The molecule has 0 atom stereocenters. The summed E-state index contributed by atoms with van der Waals surface area (Å²) in [6.45, 7) is 11.1. The lowest BCUT2D eigenvalue weighted by Gasteiger charge is -2.17. The van der Waals surface area contributed by atoms with Gasteiger partial charge < -0.3 is 9.73 Å². The lowest BCUT2D eigenvalue weighted by Crippen LogP contribution is -2.21. The van der Waals surface area contributed by atoms with Gasteiger partial charge in [0.25, 0.3) is 0 Å². The highest BCUT2D eigenvalue weighted by molar-refractivity contribution is 7.09. The molecule has 0 aliphatic heterocycles. The predicted octanol–water partition coefficient (Wildman–Crippen LogP) is 3.78. The molecule has 0 saturated heterocycles. The van der Waals surface area contributed by atoms with Crippen LogP contribution in [0.1, 0.15) is 35.8 Å². The van der Waals surface area contributed by atoms with Crippen LogP contribution >= 0.6 is 11.3 Å². The smallest absolute Gasteiger partial charge is 0.118 e. The van der Waals surface area contributed by atoms with E-state index in [0.29, 0.717) is 0 Å². The fourth-order valence-electron chi connectivity index (χ4n) is 2.22. The molecule has 1 N–H and O–H groups in total. The summed E-state index contributed by atoms with van der Waals surface area (Å²) in [4.78, 5) is 3.81. The third kappa shape index (κ3) is 4.20. The van der Waals surface area contributed by atoms with Gasteiger partial charge in [0.15, 0.2) is 0 Å². The van der Waals surface area contributed by atoms with E-state index in [0.717, 1.165) is 44.2 Å². The first kappa shape index (κ1) is 15.3. The number of nitrogens with zero attached hydrogens (tertiary/aromatic N) is 1. The molecule has 20 heavy (non-hydrogen) atoms. The van der Waals surface area contributed by atoms with Crippen molar-refractivity contribution in [2.45, 2.75) is 40.4 Å². The number of thiophene rings is 1. The second-order valence-electron chi connectivity index (χ2n) is 4.96. The highest BCUT2D eigenvalue weighted by atomic mass is 32.1.